The van der Waals surface area contributed by atoms with E-state index in [1.165, 1.54) is 6.42 Å². The fraction of sp³-hybridized carbons (Fsp3) is 0.588. The second kappa shape index (κ2) is 8.67. The van der Waals surface area contributed by atoms with Crippen molar-refractivity contribution in [2.24, 2.45) is 5.92 Å². The van der Waals surface area contributed by atoms with Gasteiger partial charge in [-0.05, 0) is 50.4 Å². The number of unbranched alkanes of at least 4 members (excludes halogenated alkanes) is 1. The van der Waals surface area contributed by atoms with Gasteiger partial charge < -0.3 is 15.4 Å². The number of anilines is 1. The van der Waals surface area contributed by atoms with E-state index in [9.17, 15) is 4.79 Å². The molecule has 1 amide bonds. The number of hydrogen-bond acceptors (Lipinski definition) is 3. The molecule has 1 aromatic rings. The SMILES string of the molecule is CCCCOc1cccc(NC(=O)CCC2CCNC2)c1. The molecule has 1 aliphatic rings. The Hall–Kier alpha value is -1.55. The third-order valence-corrected chi connectivity index (χ3v) is 3.83. The maximum Gasteiger partial charge on any atom is 0.224 e. The van der Waals surface area contributed by atoms with Crippen LogP contribution >= 0.6 is 0 Å². The first kappa shape index (κ1) is 15.8. The van der Waals surface area contributed by atoms with Crippen molar-refractivity contribution < 1.29 is 9.53 Å². The lowest BCUT2D eigenvalue weighted by molar-refractivity contribution is -0.116. The Morgan fingerprint density at radius 1 is 1.48 bits per heavy atom. The molecule has 1 aliphatic heterocycles. The molecular formula is C17H26N2O2. The van der Waals surface area contributed by atoms with Crippen molar-refractivity contribution in [2.75, 3.05) is 25.0 Å². The van der Waals surface area contributed by atoms with E-state index in [0.29, 0.717) is 12.3 Å². The summed E-state index contributed by atoms with van der Waals surface area (Å²) in [6, 6.07) is 7.64. The van der Waals surface area contributed by atoms with Crippen LogP contribution in [0.5, 0.6) is 5.75 Å². The molecule has 1 aromatic carbocycles. The smallest absolute Gasteiger partial charge is 0.224 e. The predicted molar refractivity (Wildman–Crippen MR) is 85.7 cm³/mol. The van der Waals surface area contributed by atoms with Crippen LogP contribution in [-0.2, 0) is 4.79 Å². The van der Waals surface area contributed by atoms with Crippen LogP contribution in [0.2, 0.25) is 0 Å². The van der Waals surface area contributed by atoms with Crippen LogP contribution in [0.1, 0.15) is 39.0 Å². The van der Waals surface area contributed by atoms with Crippen LogP contribution in [0.3, 0.4) is 0 Å². The average molecular weight is 290 g/mol. The Balaban J connectivity index is 1.75. The molecular weight excluding hydrogens is 264 g/mol. The number of carbonyl (C=O) groups is 1. The van der Waals surface area contributed by atoms with E-state index >= 15 is 0 Å². The van der Waals surface area contributed by atoms with Gasteiger partial charge in [-0.25, -0.2) is 0 Å². The second-order valence-corrected chi connectivity index (χ2v) is 5.68. The summed E-state index contributed by atoms with van der Waals surface area (Å²) in [4.78, 5) is 12.0. The molecule has 1 heterocycles. The molecule has 1 fully saturated rings. The zero-order valence-electron chi connectivity index (χ0n) is 12.9. The monoisotopic (exact) mass is 290 g/mol. The third kappa shape index (κ3) is 5.76. The van der Waals surface area contributed by atoms with E-state index in [1.54, 1.807) is 0 Å². The number of amides is 1. The highest BCUT2D eigenvalue weighted by Crippen LogP contribution is 2.19. The van der Waals surface area contributed by atoms with E-state index in [2.05, 4.69) is 17.6 Å². The van der Waals surface area contributed by atoms with Crippen molar-refractivity contribution in [2.45, 2.75) is 39.0 Å². The number of rotatable bonds is 8. The zero-order valence-corrected chi connectivity index (χ0v) is 12.9. The minimum absolute atomic E-state index is 0.0904. The molecule has 21 heavy (non-hydrogen) atoms. The Morgan fingerprint density at radius 2 is 2.38 bits per heavy atom. The Bertz CT molecular complexity index is 442. The summed E-state index contributed by atoms with van der Waals surface area (Å²) in [5.74, 6) is 1.56. The van der Waals surface area contributed by atoms with Gasteiger partial charge in [0.1, 0.15) is 5.75 Å². The van der Waals surface area contributed by atoms with Crippen LogP contribution in [0.4, 0.5) is 5.69 Å². The van der Waals surface area contributed by atoms with Gasteiger partial charge in [-0.3, -0.25) is 4.79 Å². The summed E-state index contributed by atoms with van der Waals surface area (Å²) in [7, 11) is 0. The van der Waals surface area contributed by atoms with Crippen molar-refractivity contribution in [1.29, 1.82) is 0 Å². The van der Waals surface area contributed by atoms with Crippen LogP contribution in [0, 0.1) is 5.92 Å². The second-order valence-electron chi connectivity index (χ2n) is 5.68. The first-order chi connectivity index (χ1) is 10.3. The minimum atomic E-state index is 0.0904. The van der Waals surface area contributed by atoms with Gasteiger partial charge >= 0.3 is 0 Å². The molecule has 1 unspecified atom stereocenters. The zero-order chi connectivity index (χ0) is 14.9. The molecule has 1 saturated heterocycles. The van der Waals surface area contributed by atoms with Crippen LogP contribution in [-0.4, -0.2) is 25.6 Å². The summed E-state index contributed by atoms with van der Waals surface area (Å²) in [5, 5.41) is 6.29. The van der Waals surface area contributed by atoms with Gasteiger partial charge in [0.15, 0.2) is 0 Å². The van der Waals surface area contributed by atoms with Crippen molar-refractivity contribution >= 4 is 11.6 Å². The van der Waals surface area contributed by atoms with E-state index < -0.39 is 0 Å². The Labute approximate surface area is 127 Å². The third-order valence-electron chi connectivity index (χ3n) is 3.83. The lowest BCUT2D eigenvalue weighted by Gasteiger charge is -2.10. The van der Waals surface area contributed by atoms with Gasteiger partial charge in [-0.1, -0.05) is 19.4 Å². The Kier molecular flexibility index (Phi) is 6.54. The molecule has 4 heteroatoms. The highest BCUT2D eigenvalue weighted by molar-refractivity contribution is 5.90. The molecule has 2 N–H and O–H groups in total. The molecule has 4 nitrogen and oxygen atoms in total. The fourth-order valence-corrected chi connectivity index (χ4v) is 2.52. The first-order valence-electron chi connectivity index (χ1n) is 8.01. The fourth-order valence-electron chi connectivity index (χ4n) is 2.52. The normalized spacial score (nSPS) is 17.7. The lowest BCUT2D eigenvalue weighted by atomic mass is 10.0. The molecule has 0 spiro atoms. The largest absolute Gasteiger partial charge is 0.494 e. The standard InChI is InChI=1S/C17H26N2O2/c1-2-3-11-21-16-6-4-5-15(12-16)19-17(20)8-7-14-9-10-18-13-14/h4-6,12,14,18H,2-3,7-11,13H2,1H3,(H,19,20). The average Bonchev–Trinajstić information content (AvgIpc) is 2.99. The van der Waals surface area contributed by atoms with Gasteiger partial charge in [0.05, 0.1) is 6.61 Å². The van der Waals surface area contributed by atoms with Crippen molar-refractivity contribution in [1.82, 2.24) is 5.32 Å². The van der Waals surface area contributed by atoms with Crippen molar-refractivity contribution in [3.05, 3.63) is 24.3 Å². The topological polar surface area (TPSA) is 50.4 Å². The van der Waals surface area contributed by atoms with Gasteiger partial charge in [0, 0.05) is 18.2 Å². The molecule has 116 valence electrons. The molecule has 0 bridgehead atoms. The van der Waals surface area contributed by atoms with Gasteiger partial charge in [-0.15, -0.1) is 0 Å². The highest BCUT2D eigenvalue weighted by atomic mass is 16.5. The maximum atomic E-state index is 12.0. The highest BCUT2D eigenvalue weighted by Gasteiger charge is 2.15. The predicted octanol–water partition coefficient (Wildman–Crippen LogP) is 3.19. The van der Waals surface area contributed by atoms with Crippen molar-refractivity contribution in [3.63, 3.8) is 0 Å². The maximum absolute atomic E-state index is 12.0. The van der Waals surface area contributed by atoms with E-state index in [0.717, 1.165) is 50.4 Å². The number of ether oxygens (including phenoxy) is 1. The van der Waals surface area contributed by atoms with E-state index in [4.69, 9.17) is 4.74 Å². The van der Waals surface area contributed by atoms with Crippen LogP contribution < -0.4 is 15.4 Å². The number of hydrogen-bond donors (Lipinski definition) is 2. The molecule has 0 aliphatic carbocycles. The molecule has 0 radical (unpaired) electrons. The molecule has 2 rings (SSSR count). The lowest BCUT2D eigenvalue weighted by Crippen LogP contribution is -2.15. The molecule has 0 saturated carbocycles. The number of nitrogens with one attached hydrogen (secondary N) is 2. The van der Waals surface area contributed by atoms with Crippen LogP contribution in [0.25, 0.3) is 0 Å². The first-order valence-corrected chi connectivity index (χ1v) is 8.01. The summed E-state index contributed by atoms with van der Waals surface area (Å²) in [5.41, 5.74) is 0.818. The molecule has 1 atom stereocenters. The van der Waals surface area contributed by atoms with Crippen LogP contribution in [0.15, 0.2) is 24.3 Å². The summed E-state index contributed by atoms with van der Waals surface area (Å²) in [6.45, 7) is 5.00. The quantitative estimate of drug-likeness (QED) is 0.723. The van der Waals surface area contributed by atoms with E-state index in [-0.39, 0.29) is 5.91 Å². The molecule has 0 aromatic heterocycles. The van der Waals surface area contributed by atoms with Crippen molar-refractivity contribution in [3.8, 4) is 5.75 Å². The number of carbonyl (C=O) groups excluding carboxylic acids is 1. The summed E-state index contributed by atoms with van der Waals surface area (Å²) >= 11 is 0. The van der Waals surface area contributed by atoms with Gasteiger partial charge in [0.2, 0.25) is 5.91 Å². The summed E-state index contributed by atoms with van der Waals surface area (Å²) in [6.07, 6.45) is 4.91. The Morgan fingerprint density at radius 3 is 3.14 bits per heavy atom. The van der Waals surface area contributed by atoms with Gasteiger partial charge in [-0.2, -0.15) is 0 Å². The summed E-state index contributed by atoms with van der Waals surface area (Å²) < 4.78 is 5.65. The number of benzene rings is 1. The van der Waals surface area contributed by atoms with Gasteiger partial charge in [0.25, 0.3) is 0 Å². The minimum Gasteiger partial charge on any atom is -0.494 e. The van der Waals surface area contributed by atoms with E-state index in [1.807, 2.05) is 24.3 Å².